The van der Waals surface area contributed by atoms with E-state index in [1.807, 2.05) is 153 Å². The molecular weight excluding hydrogens is 1800 g/mol. The standard InChI is InChI=1S/C110H169NO20Si5/c1-73-50-44-42-40-38-36-34-35-37-39-41-43-45-51-79(99-100(131-136(32,33)109(17,18)19)96(98(76(4)121-99)130-135(30,31)108(14,15)16)111-104(114)119-72-89-87-54-48-46-52-85(87)86-53-47-49-55-88(86)89)66-92-95(101(113)117-22)93(128-133(26,27)106(8,9)10)71-110(118-23,126-92)70-84-68-91(125-103(124-84)78-58-62-81(116-21)63-59-78)90(127-132(24,25)105(5,6)7)65-64-82-67-83(123-102(122-82)77-56-60-80(115-20)61-57-77)69-94(112)120-75(3)74(2)97(73)129-134(28,29)107(11,12)13/h34-63,73-76,79,82-84,89-93,95-100,102-103H,64-72H2,1-33H3,(H,111,114). The lowest BCUT2D eigenvalue weighted by Crippen LogP contribution is -2.69. The van der Waals surface area contributed by atoms with Gasteiger partial charge in [-0.1, -0.05) is 276 Å². The van der Waals surface area contributed by atoms with Crippen LogP contribution in [0.1, 0.15) is 224 Å². The summed E-state index contributed by atoms with van der Waals surface area (Å²) < 4.78 is 121. The number of carbonyl (C=O) groups is 3. The number of hydrogen-bond acceptors (Lipinski definition) is 20. The number of methoxy groups -OCH3 is 4. The summed E-state index contributed by atoms with van der Waals surface area (Å²) in [6.07, 6.45) is 19.2. The molecule has 6 aliphatic rings. The summed E-state index contributed by atoms with van der Waals surface area (Å²) in [5, 5.41) is 2.23. The van der Waals surface area contributed by atoms with Crippen LogP contribution in [0.2, 0.25) is 90.7 Å². The lowest BCUT2D eigenvalue weighted by molar-refractivity contribution is -0.330. The van der Waals surface area contributed by atoms with Crippen LogP contribution in [0.5, 0.6) is 11.5 Å². The van der Waals surface area contributed by atoms with E-state index < -0.39 is 163 Å². The fourth-order valence-electron chi connectivity index (χ4n) is 17.9. The summed E-state index contributed by atoms with van der Waals surface area (Å²) in [4.78, 5) is 46.2. The van der Waals surface area contributed by atoms with Crippen LogP contribution in [0.25, 0.3) is 11.1 Å². The minimum absolute atomic E-state index is 0.0215. The number of rotatable bonds is 20. The zero-order valence-electron chi connectivity index (χ0n) is 88.5. The number of nitrogens with one attached hydrogen (secondary N) is 1. The summed E-state index contributed by atoms with van der Waals surface area (Å²) in [6, 6.07) is 31.3. The quantitative estimate of drug-likeness (QED) is 0.0494. The first-order valence-electron chi connectivity index (χ1n) is 49.7. The second-order valence-electron chi connectivity index (χ2n) is 46.3. The van der Waals surface area contributed by atoms with Crippen LogP contribution in [0.4, 0.5) is 4.79 Å². The number of hydrogen-bond donors (Lipinski definition) is 1. The molecule has 0 spiro atoms. The number of cyclic esters (lactones) is 1. The van der Waals surface area contributed by atoms with Crippen molar-refractivity contribution in [2.45, 2.75) is 383 Å². The van der Waals surface area contributed by atoms with E-state index in [0.29, 0.717) is 37.2 Å². The molecule has 26 heteroatoms. The molecule has 10 rings (SSSR count). The highest BCUT2D eigenvalue weighted by Crippen LogP contribution is 2.53. The molecule has 1 aliphatic carbocycles. The third-order valence-corrected chi connectivity index (χ3v) is 53.8. The van der Waals surface area contributed by atoms with Crippen LogP contribution in [-0.2, 0) is 79.1 Å². The van der Waals surface area contributed by atoms with Gasteiger partial charge < -0.3 is 84.3 Å². The molecule has 0 saturated carbocycles. The number of carbonyl (C=O) groups excluding carboxylic acids is 3. The molecule has 5 heterocycles. The van der Waals surface area contributed by atoms with E-state index in [2.05, 4.69) is 231 Å². The molecule has 1 N–H and O–H groups in total. The van der Waals surface area contributed by atoms with Gasteiger partial charge in [-0.3, -0.25) is 9.59 Å². The maximum atomic E-state index is 15.7. The molecule has 4 fully saturated rings. The first-order valence-corrected chi connectivity index (χ1v) is 64.2. The topological polar surface area (TPSA) is 220 Å². The van der Waals surface area contributed by atoms with Gasteiger partial charge >= 0.3 is 18.0 Å². The number of esters is 2. The SMILES string of the molecule is COC(=O)C1C2CC(C3OC(C)C(O[Si](C)(C)C(C)(C)C)C(NC(=O)OCC4c5ccccc5-c5ccccc54)C3O[Si](C)(C)C(C)(C)C)C=CC=CC=CC=CC=CC=CC=CC(C)C(O[Si](C)(C)C(C)(C)C)C(C)C(C)OC(=O)CC3CC(CCC(O[Si](C)(C)C(C)(C)C)C4CC(CC(OC)(CC1O[Si](C)(C)C(C)(C)C)O2)OC(c1ccc(OC)cc1)O4)OC(c1ccc(OC)cc1)O3. The number of ether oxygens (including phenoxy) is 12. The van der Waals surface area contributed by atoms with Crippen molar-refractivity contribution in [1.82, 2.24) is 5.32 Å². The molecule has 6 bridgehead atoms. The van der Waals surface area contributed by atoms with Gasteiger partial charge in [0.15, 0.2) is 60.0 Å². The molecule has 4 aromatic rings. The zero-order chi connectivity index (χ0) is 100. The zero-order valence-corrected chi connectivity index (χ0v) is 93.5. The number of benzene rings is 4. The number of amides is 1. The van der Waals surface area contributed by atoms with Crippen molar-refractivity contribution in [3.8, 4) is 22.6 Å². The Morgan fingerprint density at radius 2 is 0.890 bits per heavy atom. The fourth-order valence-corrected chi connectivity index (χ4v) is 24.7. The summed E-state index contributed by atoms with van der Waals surface area (Å²) in [6.45, 7) is 64.2. The maximum Gasteiger partial charge on any atom is 0.407 e. The minimum Gasteiger partial charge on any atom is -0.497 e. The van der Waals surface area contributed by atoms with Gasteiger partial charge in [0, 0.05) is 61.7 Å². The summed E-state index contributed by atoms with van der Waals surface area (Å²) in [5.74, 6) is -3.24. The Hall–Kier alpha value is -6.53. The van der Waals surface area contributed by atoms with Crippen LogP contribution in [0, 0.1) is 23.7 Å². The lowest BCUT2D eigenvalue weighted by atomic mass is 9.78. The second-order valence-corrected chi connectivity index (χ2v) is 70.1. The van der Waals surface area contributed by atoms with Gasteiger partial charge in [-0.05, 0) is 176 Å². The number of alkyl carbamates (subject to hydrolysis) is 1. The smallest absolute Gasteiger partial charge is 0.407 e. The molecule has 1 amide bonds. The Kier molecular flexibility index (Phi) is 37.9. The van der Waals surface area contributed by atoms with Crippen molar-refractivity contribution in [2.75, 3.05) is 35.0 Å². The lowest BCUT2D eigenvalue weighted by Gasteiger charge is -2.54. The van der Waals surface area contributed by atoms with Crippen LogP contribution in [0.15, 0.2) is 182 Å². The van der Waals surface area contributed by atoms with Gasteiger partial charge in [-0.25, -0.2) is 4.79 Å². The van der Waals surface area contributed by atoms with E-state index in [1.165, 1.54) is 7.11 Å². The Labute approximate surface area is 822 Å². The van der Waals surface area contributed by atoms with Crippen LogP contribution < -0.4 is 14.8 Å². The normalized spacial score (nSPS) is 29.7. The predicted molar refractivity (Wildman–Crippen MR) is 556 cm³/mol. The molecule has 754 valence electrons. The average molecular weight is 1970 g/mol. The van der Waals surface area contributed by atoms with E-state index in [-0.39, 0.29) is 87.3 Å². The van der Waals surface area contributed by atoms with E-state index in [1.54, 1.807) is 21.3 Å². The van der Waals surface area contributed by atoms with Crippen molar-refractivity contribution in [2.24, 2.45) is 23.7 Å². The van der Waals surface area contributed by atoms with Gasteiger partial charge in [0.25, 0.3) is 0 Å². The van der Waals surface area contributed by atoms with Crippen molar-refractivity contribution in [3.63, 3.8) is 0 Å². The summed E-state index contributed by atoms with van der Waals surface area (Å²) in [7, 11) is -7.22. The predicted octanol–water partition coefficient (Wildman–Crippen LogP) is 26.0. The molecule has 0 radical (unpaired) electrons. The van der Waals surface area contributed by atoms with Crippen LogP contribution in [0.3, 0.4) is 0 Å². The molecule has 21 nitrogen and oxygen atoms in total. The Morgan fingerprint density at radius 1 is 0.449 bits per heavy atom. The fraction of sp³-hybridized carbons (Fsp3) is 0.627. The highest BCUT2D eigenvalue weighted by atomic mass is 28.4. The summed E-state index contributed by atoms with van der Waals surface area (Å²) >= 11 is 0. The second kappa shape index (κ2) is 46.2. The van der Waals surface area contributed by atoms with Crippen molar-refractivity contribution < 1.29 is 93.4 Å². The number of fused-ring (bicyclic) bond motifs is 9. The molecule has 0 aromatic heterocycles. The molecule has 21 unspecified atom stereocenters. The highest BCUT2D eigenvalue weighted by molar-refractivity contribution is 6.76. The third kappa shape index (κ3) is 28.3. The molecule has 4 aromatic carbocycles. The monoisotopic (exact) mass is 1960 g/mol. The maximum absolute atomic E-state index is 15.7. The molecular formula is C110H169NO20Si5. The molecule has 136 heavy (non-hydrogen) atoms. The van der Waals surface area contributed by atoms with Gasteiger partial charge in [-0.2, -0.15) is 0 Å². The van der Waals surface area contributed by atoms with E-state index in [9.17, 15) is 4.79 Å². The Morgan fingerprint density at radius 3 is 1.38 bits per heavy atom. The van der Waals surface area contributed by atoms with Crippen LogP contribution >= 0.6 is 0 Å². The van der Waals surface area contributed by atoms with E-state index in [4.69, 9.17) is 79.0 Å². The molecule has 21 atom stereocenters. The first kappa shape index (κ1) is 111. The van der Waals surface area contributed by atoms with Crippen molar-refractivity contribution in [1.29, 1.82) is 0 Å². The minimum atomic E-state index is -2.94. The third-order valence-electron chi connectivity index (χ3n) is 31.4. The van der Waals surface area contributed by atoms with Crippen LogP contribution in [-0.4, -0.2) is 186 Å². The van der Waals surface area contributed by atoms with Crippen molar-refractivity contribution in [3.05, 3.63) is 204 Å². The molecule has 5 aliphatic heterocycles. The summed E-state index contributed by atoms with van der Waals surface area (Å²) in [5.41, 5.74) is 5.95. The Balaban J connectivity index is 1.14. The van der Waals surface area contributed by atoms with Gasteiger partial charge in [0.05, 0.1) is 107 Å². The average Bonchev–Trinajstić information content (AvgIpc) is 1.17. The Bertz CT molecular complexity index is 4730. The van der Waals surface area contributed by atoms with Crippen molar-refractivity contribution >= 4 is 59.6 Å². The number of allylic oxidation sites excluding steroid dienone is 12. The molecule has 4 saturated heterocycles. The van der Waals surface area contributed by atoms with Gasteiger partial charge in [-0.15, -0.1) is 0 Å². The highest BCUT2D eigenvalue weighted by Gasteiger charge is 2.60. The largest absolute Gasteiger partial charge is 0.497 e. The van der Waals surface area contributed by atoms with Gasteiger partial charge in [0.2, 0.25) is 0 Å². The van der Waals surface area contributed by atoms with E-state index in [0.717, 1.165) is 33.4 Å². The van der Waals surface area contributed by atoms with E-state index >= 15 is 9.59 Å². The first-order chi connectivity index (χ1) is 63.5. The van der Waals surface area contributed by atoms with Gasteiger partial charge in [0.1, 0.15) is 30.1 Å².